The highest BCUT2D eigenvalue weighted by atomic mass is 35.5. The summed E-state index contributed by atoms with van der Waals surface area (Å²) in [6, 6.07) is 10.7. The van der Waals surface area contributed by atoms with Crippen LogP contribution in [0.2, 0.25) is 5.02 Å². The van der Waals surface area contributed by atoms with E-state index in [9.17, 15) is 4.79 Å². The van der Waals surface area contributed by atoms with E-state index in [1.807, 2.05) is 26.2 Å². The fourth-order valence-corrected chi connectivity index (χ4v) is 4.19. The third-order valence-corrected chi connectivity index (χ3v) is 5.86. The Kier molecular flexibility index (Phi) is 7.83. The van der Waals surface area contributed by atoms with Gasteiger partial charge in [0.25, 0.3) is 5.91 Å². The maximum atomic E-state index is 13.0. The quantitative estimate of drug-likeness (QED) is 0.471. The Bertz CT molecular complexity index is 1000. The second-order valence-electron chi connectivity index (χ2n) is 7.11. The van der Waals surface area contributed by atoms with E-state index in [1.165, 1.54) is 11.3 Å². The molecule has 2 aromatic carbocycles. The minimum absolute atomic E-state index is 0. The fraction of sp³-hybridized carbons (Fsp3) is 0.333. The van der Waals surface area contributed by atoms with Crippen LogP contribution in [0.3, 0.4) is 0 Å². The summed E-state index contributed by atoms with van der Waals surface area (Å²) in [6.07, 6.45) is 0.818. The van der Waals surface area contributed by atoms with Crippen molar-refractivity contribution >= 4 is 56.6 Å². The molecule has 0 saturated carbocycles. The molecule has 0 atom stereocenters. The molecule has 0 unspecified atom stereocenters. The highest BCUT2D eigenvalue weighted by Gasteiger charge is 2.22. The second-order valence-corrected chi connectivity index (χ2v) is 8.56. The number of rotatable bonds is 8. The summed E-state index contributed by atoms with van der Waals surface area (Å²) >= 11 is 7.36. The van der Waals surface area contributed by atoms with Crippen molar-refractivity contribution in [2.24, 2.45) is 0 Å². The normalized spacial score (nSPS) is 12.1. The summed E-state index contributed by atoms with van der Waals surface area (Å²) in [4.78, 5) is 21.5. The SMILES string of the molecule is CN(C)CCCN(C(=O)COc1ccc(Cl)cc1)c1nc2cc3c(cc2s1)OCO3.Cl. The Hall–Kier alpha value is -2.26. The standard InChI is InChI=1S/C21H22ClN3O4S.ClH/c1-24(2)8-3-9-25(20(26)12-27-15-6-4-14(22)5-7-15)21-23-16-10-17-18(29-13-28-17)11-19(16)30-21;/h4-7,10-11H,3,8-9,12-13H2,1-2H3;1H. The Labute approximate surface area is 195 Å². The van der Waals surface area contributed by atoms with E-state index in [1.54, 1.807) is 29.2 Å². The molecule has 1 aliphatic heterocycles. The number of carbonyl (C=O) groups excluding carboxylic acids is 1. The first-order valence-corrected chi connectivity index (χ1v) is 10.7. The molecular formula is C21H23Cl2N3O4S. The van der Waals surface area contributed by atoms with Crippen molar-refractivity contribution < 1.29 is 19.0 Å². The number of benzene rings is 2. The highest BCUT2D eigenvalue weighted by Crippen LogP contribution is 2.39. The van der Waals surface area contributed by atoms with E-state index in [4.69, 9.17) is 25.8 Å². The zero-order valence-corrected chi connectivity index (χ0v) is 19.6. The number of hydrogen-bond donors (Lipinski definition) is 0. The van der Waals surface area contributed by atoms with Gasteiger partial charge in [0.1, 0.15) is 5.75 Å². The Morgan fingerprint density at radius 1 is 1.16 bits per heavy atom. The molecule has 1 aliphatic rings. The van der Waals surface area contributed by atoms with Gasteiger partial charge in [-0.2, -0.15) is 0 Å². The van der Waals surface area contributed by atoms with E-state index in [0.29, 0.717) is 33.9 Å². The van der Waals surface area contributed by atoms with Gasteiger partial charge in [0.2, 0.25) is 6.79 Å². The zero-order chi connectivity index (χ0) is 21.1. The number of anilines is 1. The first-order valence-electron chi connectivity index (χ1n) is 9.53. The first-order chi connectivity index (χ1) is 14.5. The Balaban J connectivity index is 0.00000272. The monoisotopic (exact) mass is 483 g/mol. The lowest BCUT2D eigenvalue weighted by Gasteiger charge is -2.21. The van der Waals surface area contributed by atoms with Crippen LogP contribution < -0.4 is 19.1 Å². The van der Waals surface area contributed by atoms with E-state index < -0.39 is 0 Å². The third kappa shape index (κ3) is 5.71. The van der Waals surface area contributed by atoms with Crippen molar-refractivity contribution in [3.05, 3.63) is 41.4 Å². The van der Waals surface area contributed by atoms with Gasteiger partial charge in [-0.05, 0) is 51.3 Å². The Morgan fingerprint density at radius 2 is 1.87 bits per heavy atom. The lowest BCUT2D eigenvalue weighted by Crippen LogP contribution is -2.36. The van der Waals surface area contributed by atoms with Gasteiger partial charge in [-0.1, -0.05) is 22.9 Å². The van der Waals surface area contributed by atoms with Gasteiger partial charge in [-0.15, -0.1) is 12.4 Å². The largest absolute Gasteiger partial charge is 0.484 e. The summed E-state index contributed by atoms with van der Waals surface area (Å²) in [5, 5.41) is 1.26. The van der Waals surface area contributed by atoms with E-state index in [-0.39, 0.29) is 31.7 Å². The van der Waals surface area contributed by atoms with E-state index >= 15 is 0 Å². The fourth-order valence-electron chi connectivity index (χ4n) is 3.05. The average Bonchev–Trinajstić information content (AvgIpc) is 3.34. The van der Waals surface area contributed by atoms with Crippen molar-refractivity contribution in [3.63, 3.8) is 0 Å². The van der Waals surface area contributed by atoms with Gasteiger partial charge < -0.3 is 19.1 Å². The molecule has 7 nitrogen and oxygen atoms in total. The minimum atomic E-state index is -0.150. The van der Waals surface area contributed by atoms with Crippen molar-refractivity contribution in [1.29, 1.82) is 0 Å². The smallest absolute Gasteiger partial charge is 0.266 e. The first kappa shape index (κ1) is 23.4. The minimum Gasteiger partial charge on any atom is -0.484 e. The summed E-state index contributed by atoms with van der Waals surface area (Å²) < 4.78 is 17.5. The molecule has 1 aromatic heterocycles. The van der Waals surface area contributed by atoms with Crippen molar-refractivity contribution in [1.82, 2.24) is 9.88 Å². The molecule has 166 valence electrons. The van der Waals surface area contributed by atoms with Gasteiger partial charge in [0.05, 0.1) is 10.2 Å². The number of carbonyl (C=O) groups is 1. The van der Waals surface area contributed by atoms with Crippen LogP contribution in [0.4, 0.5) is 5.13 Å². The number of nitrogens with zero attached hydrogens (tertiary/aromatic N) is 3. The molecule has 3 aromatic rings. The summed E-state index contributed by atoms with van der Waals surface area (Å²) in [5.41, 5.74) is 0.781. The molecule has 0 spiro atoms. The maximum absolute atomic E-state index is 13.0. The molecule has 0 bridgehead atoms. The third-order valence-electron chi connectivity index (χ3n) is 4.57. The molecule has 0 saturated heterocycles. The van der Waals surface area contributed by atoms with Crippen LogP contribution in [0.1, 0.15) is 6.42 Å². The summed E-state index contributed by atoms with van der Waals surface area (Å²) in [5.74, 6) is 1.82. The van der Waals surface area contributed by atoms with Crippen LogP contribution in [-0.4, -0.2) is 56.4 Å². The van der Waals surface area contributed by atoms with Crippen molar-refractivity contribution in [2.45, 2.75) is 6.42 Å². The number of aromatic nitrogens is 1. The van der Waals surface area contributed by atoms with Gasteiger partial charge in [-0.25, -0.2) is 4.98 Å². The molecule has 0 aliphatic carbocycles. The maximum Gasteiger partial charge on any atom is 0.266 e. The van der Waals surface area contributed by atoms with Crippen LogP contribution in [0.15, 0.2) is 36.4 Å². The van der Waals surface area contributed by atoms with Crippen LogP contribution in [0.5, 0.6) is 17.2 Å². The van der Waals surface area contributed by atoms with Crippen LogP contribution in [0, 0.1) is 0 Å². The van der Waals surface area contributed by atoms with E-state index in [2.05, 4.69) is 9.88 Å². The molecular weight excluding hydrogens is 461 g/mol. The van der Waals surface area contributed by atoms with Crippen LogP contribution in [0.25, 0.3) is 10.2 Å². The average molecular weight is 484 g/mol. The zero-order valence-electron chi connectivity index (χ0n) is 17.2. The van der Waals surface area contributed by atoms with Crippen LogP contribution in [-0.2, 0) is 4.79 Å². The summed E-state index contributed by atoms with van der Waals surface area (Å²) in [6.45, 7) is 1.55. The number of hydrogen-bond acceptors (Lipinski definition) is 7. The molecule has 2 heterocycles. The number of ether oxygens (including phenoxy) is 3. The lowest BCUT2D eigenvalue weighted by molar-refractivity contribution is -0.120. The molecule has 0 N–H and O–H groups in total. The molecule has 4 rings (SSSR count). The van der Waals surface area contributed by atoms with Gasteiger partial charge in [0.15, 0.2) is 23.2 Å². The topological polar surface area (TPSA) is 64.1 Å². The van der Waals surface area contributed by atoms with E-state index in [0.717, 1.165) is 23.2 Å². The van der Waals surface area contributed by atoms with Crippen LogP contribution >= 0.6 is 35.3 Å². The number of thiazole rings is 1. The lowest BCUT2D eigenvalue weighted by atomic mass is 10.3. The highest BCUT2D eigenvalue weighted by molar-refractivity contribution is 7.22. The van der Waals surface area contributed by atoms with Gasteiger partial charge in [0, 0.05) is 23.7 Å². The van der Waals surface area contributed by atoms with Gasteiger partial charge in [-0.3, -0.25) is 9.69 Å². The second kappa shape index (κ2) is 10.4. The Morgan fingerprint density at radius 3 is 2.58 bits per heavy atom. The molecule has 0 fully saturated rings. The van der Waals surface area contributed by atoms with Crippen molar-refractivity contribution in [2.75, 3.05) is 45.5 Å². The molecule has 1 amide bonds. The number of fused-ring (bicyclic) bond motifs is 2. The summed E-state index contributed by atoms with van der Waals surface area (Å²) in [7, 11) is 4.02. The molecule has 0 radical (unpaired) electrons. The molecule has 10 heteroatoms. The predicted molar refractivity (Wildman–Crippen MR) is 125 cm³/mol. The van der Waals surface area contributed by atoms with Crippen molar-refractivity contribution in [3.8, 4) is 17.2 Å². The van der Waals surface area contributed by atoms with Gasteiger partial charge >= 0.3 is 0 Å². The predicted octanol–water partition coefficient (Wildman–Crippen LogP) is 4.46. The molecule has 31 heavy (non-hydrogen) atoms. The number of halogens is 2. The number of amides is 1.